The number of carbonyl (C=O) groups excluding carboxylic acids is 1. The number of carbonyl (C=O) groups is 1. The molecule has 25 heavy (non-hydrogen) atoms. The van der Waals surface area contributed by atoms with Crippen LogP contribution in [0.3, 0.4) is 0 Å². The second-order valence-electron chi connectivity index (χ2n) is 5.43. The fourth-order valence-electron chi connectivity index (χ4n) is 2.67. The molecule has 1 heterocycles. The second-order valence-corrected chi connectivity index (χ2v) is 5.43. The Hall–Kier alpha value is -2.96. The normalized spacial score (nSPS) is 11.6. The smallest absolute Gasteiger partial charge is 0.497 e. The quantitative estimate of drug-likeness (QED) is 0.697. The number of ether oxygens (including phenoxy) is 2. The first-order valence-corrected chi connectivity index (χ1v) is 7.35. The van der Waals surface area contributed by atoms with Crippen LogP contribution in [0.25, 0.3) is 10.9 Å². The lowest BCUT2D eigenvalue weighted by Gasteiger charge is -2.11. The van der Waals surface area contributed by atoms with Gasteiger partial charge in [0.05, 0.1) is 12.6 Å². The summed E-state index contributed by atoms with van der Waals surface area (Å²) >= 11 is 0. The minimum absolute atomic E-state index is 0.340. The highest BCUT2D eigenvalue weighted by Gasteiger charge is 2.31. The molecule has 0 N–H and O–H groups in total. The van der Waals surface area contributed by atoms with E-state index in [1.807, 2.05) is 0 Å². The Kier molecular flexibility index (Phi) is 4.16. The lowest BCUT2D eigenvalue weighted by atomic mass is 10.2. The standard InChI is InChI=1S/C18H14F3NO3/c1-11-8-12-6-7-15(25-18(19,20)21)10-16(12)22(11)17(23)13-4-3-5-14(9-13)24-2/h3-10H,1-2H3. The molecule has 0 spiro atoms. The third kappa shape index (κ3) is 3.45. The zero-order chi connectivity index (χ0) is 18.2. The molecule has 0 amide bonds. The van der Waals surface area contributed by atoms with Gasteiger partial charge in [-0.1, -0.05) is 6.07 Å². The lowest BCUT2D eigenvalue weighted by Crippen LogP contribution is -2.17. The number of hydrogen-bond donors (Lipinski definition) is 0. The summed E-state index contributed by atoms with van der Waals surface area (Å²) < 4.78 is 47.7. The van der Waals surface area contributed by atoms with Crippen molar-refractivity contribution in [3.63, 3.8) is 0 Å². The van der Waals surface area contributed by atoms with Gasteiger partial charge < -0.3 is 9.47 Å². The molecule has 130 valence electrons. The van der Waals surface area contributed by atoms with Crippen LogP contribution < -0.4 is 9.47 Å². The van der Waals surface area contributed by atoms with Crippen molar-refractivity contribution in [3.05, 3.63) is 59.8 Å². The highest BCUT2D eigenvalue weighted by molar-refractivity contribution is 6.03. The SMILES string of the molecule is COc1cccc(C(=O)n2c(C)cc3ccc(OC(F)(F)F)cc32)c1. The maximum atomic E-state index is 12.9. The molecule has 0 saturated carbocycles. The van der Waals surface area contributed by atoms with E-state index in [0.717, 1.165) is 0 Å². The number of benzene rings is 2. The fraction of sp³-hybridized carbons (Fsp3) is 0.167. The zero-order valence-corrected chi connectivity index (χ0v) is 13.4. The molecule has 0 saturated heterocycles. The molecule has 0 bridgehead atoms. The van der Waals surface area contributed by atoms with Crippen molar-refractivity contribution in [2.75, 3.05) is 7.11 Å². The van der Waals surface area contributed by atoms with E-state index < -0.39 is 6.36 Å². The molecule has 3 aromatic rings. The van der Waals surface area contributed by atoms with Crippen LogP contribution in [0.4, 0.5) is 13.2 Å². The van der Waals surface area contributed by atoms with Crippen LogP contribution in [0, 0.1) is 6.92 Å². The molecule has 0 aliphatic carbocycles. The summed E-state index contributed by atoms with van der Waals surface area (Å²) in [6.45, 7) is 1.71. The number of alkyl halides is 3. The molecule has 0 radical (unpaired) electrons. The Morgan fingerprint density at radius 2 is 1.80 bits per heavy atom. The first kappa shape index (κ1) is 16.9. The van der Waals surface area contributed by atoms with E-state index in [1.165, 1.54) is 29.9 Å². The van der Waals surface area contributed by atoms with Gasteiger partial charge in [0, 0.05) is 22.7 Å². The summed E-state index contributed by atoms with van der Waals surface area (Å²) in [5.41, 5.74) is 1.31. The Balaban J connectivity index is 2.09. The first-order valence-electron chi connectivity index (χ1n) is 7.35. The van der Waals surface area contributed by atoms with Gasteiger partial charge in [0.1, 0.15) is 11.5 Å². The highest BCUT2D eigenvalue weighted by Crippen LogP contribution is 2.29. The van der Waals surface area contributed by atoms with Crippen molar-refractivity contribution in [2.45, 2.75) is 13.3 Å². The van der Waals surface area contributed by atoms with Crippen LogP contribution >= 0.6 is 0 Å². The van der Waals surface area contributed by atoms with Gasteiger partial charge in [-0.25, -0.2) is 0 Å². The molecule has 7 heteroatoms. The lowest BCUT2D eigenvalue weighted by molar-refractivity contribution is -0.274. The van der Waals surface area contributed by atoms with Gasteiger partial charge in [0.15, 0.2) is 0 Å². The van der Waals surface area contributed by atoms with E-state index in [-0.39, 0.29) is 11.7 Å². The Morgan fingerprint density at radius 3 is 2.48 bits per heavy atom. The van der Waals surface area contributed by atoms with Crippen LogP contribution in [0.15, 0.2) is 48.5 Å². The van der Waals surface area contributed by atoms with Crippen LogP contribution in [0.1, 0.15) is 16.1 Å². The van der Waals surface area contributed by atoms with Crippen LogP contribution in [-0.2, 0) is 0 Å². The van der Waals surface area contributed by atoms with E-state index in [2.05, 4.69) is 4.74 Å². The molecular formula is C18H14F3NO3. The van der Waals surface area contributed by atoms with Gasteiger partial charge in [-0.15, -0.1) is 13.2 Å². The van der Waals surface area contributed by atoms with Crippen molar-refractivity contribution in [3.8, 4) is 11.5 Å². The van der Waals surface area contributed by atoms with E-state index >= 15 is 0 Å². The zero-order valence-electron chi connectivity index (χ0n) is 13.4. The Bertz CT molecular complexity index is 944. The maximum absolute atomic E-state index is 12.9. The number of aryl methyl sites for hydroxylation is 1. The van der Waals surface area contributed by atoms with Crippen molar-refractivity contribution in [1.29, 1.82) is 0 Å². The average Bonchev–Trinajstić information content (AvgIpc) is 2.88. The van der Waals surface area contributed by atoms with Crippen molar-refractivity contribution in [2.24, 2.45) is 0 Å². The summed E-state index contributed by atoms with van der Waals surface area (Å²) in [7, 11) is 1.49. The average molecular weight is 349 g/mol. The highest BCUT2D eigenvalue weighted by atomic mass is 19.4. The van der Waals surface area contributed by atoms with E-state index in [1.54, 1.807) is 37.3 Å². The predicted molar refractivity (Wildman–Crippen MR) is 86.1 cm³/mol. The Labute approximate surface area is 141 Å². The summed E-state index contributed by atoms with van der Waals surface area (Å²) in [5, 5.41) is 0.642. The summed E-state index contributed by atoms with van der Waals surface area (Å²) in [6, 6.07) is 12.2. The van der Waals surface area contributed by atoms with Gasteiger partial charge in [-0.2, -0.15) is 0 Å². The van der Waals surface area contributed by atoms with Gasteiger partial charge in [0.2, 0.25) is 0 Å². The van der Waals surface area contributed by atoms with Crippen LogP contribution in [-0.4, -0.2) is 23.9 Å². The van der Waals surface area contributed by atoms with Gasteiger partial charge in [0.25, 0.3) is 5.91 Å². The molecule has 0 atom stereocenters. The number of fused-ring (bicyclic) bond motifs is 1. The maximum Gasteiger partial charge on any atom is 0.573 e. The van der Waals surface area contributed by atoms with E-state index in [4.69, 9.17) is 4.74 Å². The molecule has 2 aromatic carbocycles. The third-order valence-corrected chi connectivity index (χ3v) is 3.71. The second kappa shape index (κ2) is 6.16. The number of nitrogens with zero attached hydrogens (tertiary/aromatic N) is 1. The first-order chi connectivity index (χ1) is 11.8. The summed E-state index contributed by atoms with van der Waals surface area (Å²) in [4.78, 5) is 12.9. The van der Waals surface area contributed by atoms with E-state index in [9.17, 15) is 18.0 Å². The number of aromatic nitrogens is 1. The fourth-order valence-corrected chi connectivity index (χ4v) is 2.67. The van der Waals surface area contributed by atoms with Crippen molar-refractivity contribution in [1.82, 2.24) is 4.57 Å². The molecule has 0 fully saturated rings. The number of rotatable bonds is 3. The van der Waals surface area contributed by atoms with Gasteiger partial charge >= 0.3 is 6.36 Å². The Morgan fingerprint density at radius 1 is 1.04 bits per heavy atom. The van der Waals surface area contributed by atoms with Crippen molar-refractivity contribution < 1.29 is 27.4 Å². The minimum atomic E-state index is -4.79. The molecular weight excluding hydrogens is 335 g/mol. The van der Waals surface area contributed by atoms with E-state index in [0.29, 0.717) is 27.9 Å². The molecule has 3 rings (SSSR count). The molecule has 0 aliphatic rings. The van der Waals surface area contributed by atoms with Crippen LogP contribution in [0.2, 0.25) is 0 Å². The number of halogens is 3. The third-order valence-electron chi connectivity index (χ3n) is 3.71. The van der Waals surface area contributed by atoms with Gasteiger partial charge in [-0.05, 0) is 43.3 Å². The number of methoxy groups -OCH3 is 1. The molecule has 1 aromatic heterocycles. The topological polar surface area (TPSA) is 40.5 Å². The van der Waals surface area contributed by atoms with Crippen molar-refractivity contribution >= 4 is 16.8 Å². The largest absolute Gasteiger partial charge is 0.573 e. The molecule has 4 nitrogen and oxygen atoms in total. The predicted octanol–water partition coefficient (Wildman–Crippen LogP) is 4.55. The molecule has 0 aliphatic heterocycles. The summed E-state index contributed by atoms with van der Waals surface area (Å²) in [5.74, 6) is -0.227. The van der Waals surface area contributed by atoms with Crippen LogP contribution in [0.5, 0.6) is 11.5 Å². The minimum Gasteiger partial charge on any atom is -0.497 e. The number of hydrogen-bond acceptors (Lipinski definition) is 3. The van der Waals surface area contributed by atoms with Gasteiger partial charge in [-0.3, -0.25) is 9.36 Å². The summed E-state index contributed by atoms with van der Waals surface area (Å²) in [6.07, 6.45) is -4.79. The molecule has 0 unspecified atom stereocenters. The monoisotopic (exact) mass is 349 g/mol.